The Labute approximate surface area is 119 Å². The van der Waals surface area contributed by atoms with Crippen molar-refractivity contribution >= 4 is 0 Å². The molecular weight excluding hydrogens is 262 g/mol. The van der Waals surface area contributed by atoms with Gasteiger partial charge in [0.1, 0.15) is 17.2 Å². The van der Waals surface area contributed by atoms with E-state index in [0.29, 0.717) is 12.3 Å². The average Bonchev–Trinajstić information content (AvgIpc) is 2.34. The van der Waals surface area contributed by atoms with Gasteiger partial charge in [0, 0.05) is 11.8 Å². The molecule has 0 saturated heterocycles. The van der Waals surface area contributed by atoms with Crippen LogP contribution in [0.1, 0.15) is 18.1 Å². The first-order valence-electron chi connectivity index (χ1n) is 6.02. The van der Waals surface area contributed by atoms with Crippen LogP contribution < -0.4 is 17.1 Å². The molecular formula is C15H17ClNO2-. The van der Waals surface area contributed by atoms with Crippen LogP contribution in [0.4, 0.5) is 0 Å². The molecule has 19 heavy (non-hydrogen) atoms. The van der Waals surface area contributed by atoms with Crippen LogP contribution in [-0.2, 0) is 0 Å². The van der Waals surface area contributed by atoms with Crippen molar-refractivity contribution < 1.29 is 22.3 Å². The number of aromatic nitrogens is 1. The third-order valence-electron chi connectivity index (χ3n) is 2.81. The Morgan fingerprint density at radius 3 is 2.37 bits per heavy atom. The van der Waals surface area contributed by atoms with Crippen molar-refractivity contribution in [2.75, 3.05) is 6.61 Å². The van der Waals surface area contributed by atoms with Crippen LogP contribution in [0.5, 0.6) is 11.5 Å². The molecule has 0 aliphatic heterocycles. The quantitative estimate of drug-likeness (QED) is 0.888. The lowest BCUT2D eigenvalue weighted by molar-refractivity contribution is -0.00000529. The summed E-state index contributed by atoms with van der Waals surface area (Å²) in [5.41, 5.74) is 3.62. The Kier molecular flexibility index (Phi) is 5.19. The van der Waals surface area contributed by atoms with E-state index in [1.54, 1.807) is 18.3 Å². The Morgan fingerprint density at radius 2 is 1.84 bits per heavy atom. The zero-order chi connectivity index (χ0) is 13.1. The average molecular weight is 279 g/mol. The number of ether oxygens (including phenoxy) is 1. The maximum absolute atomic E-state index is 9.82. The molecule has 2 rings (SSSR count). The maximum atomic E-state index is 9.82. The van der Waals surface area contributed by atoms with Crippen molar-refractivity contribution in [2.45, 2.75) is 20.8 Å². The Balaban J connectivity index is 0.00000180. The third-order valence-corrected chi connectivity index (χ3v) is 2.81. The Bertz CT molecular complexity index is 547. The summed E-state index contributed by atoms with van der Waals surface area (Å²) in [5.74, 6) is 1.11. The Hall–Kier alpha value is -1.74. The van der Waals surface area contributed by atoms with Crippen molar-refractivity contribution in [3.05, 3.63) is 41.6 Å². The topological polar surface area (TPSA) is 42.4 Å². The second-order valence-corrected chi connectivity index (χ2v) is 4.24. The Morgan fingerprint density at radius 1 is 1.21 bits per heavy atom. The van der Waals surface area contributed by atoms with Crippen LogP contribution in [0, 0.1) is 13.8 Å². The minimum Gasteiger partial charge on any atom is -1.00 e. The zero-order valence-corrected chi connectivity index (χ0v) is 12.0. The van der Waals surface area contributed by atoms with E-state index in [1.165, 1.54) is 0 Å². The molecule has 1 aromatic heterocycles. The zero-order valence-electron chi connectivity index (χ0n) is 11.3. The summed E-state index contributed by atoms with van der Waals surface area (Å²) < 4.78 is 5.61. The van der Waals surface area contributed by atoms with Crippen LogP contribution >= 0.6 is 0 Å². The van der Waals surface area contributed by atoms with Gasteiger partial charge in [-0.3, -0.25) is 4.98 Å². The smallest absolute Gasteiger partial charge is 0.141 e. The van der Waals surface area contributed by atoms with Crippen LogP contribution in [0.25, 0.3) is 11.3 Å². The number of pyridine rings is 1. The lowest BCUT2D eigenvalue weighted by Gasteiger charge is -2.13. The minimum absolute atomic E-state index is 0. The summed E-state index contributed by atoms with van der Waals surface area (Å²) in [6.07, 6.45) is 1.68. The first-order valence-corrected chi connectivity index (χ1v) is 6.02. The van der Waals surface area contributed by atoms with Crippen molar-refractivity contribution in [1.82, 2.24) is 4.98 Å². The first-order chi connectivity index (χ1) is 8.63. The lowest BCUT2D eigenvalue weighted by Crippen LogP contribution is -3.00. The highest BCUT2D eigenvalue weighted by Crippen LogP contribution is 2.32. The third kappa shape index (κ3) is 3.18. The molecule has 0 aliphatic rings. The molecule has 0 amide bonds. The SMILES string of the molecule is CCOc1c(C)cc(-c2ncccc2O)cc1C.[Cl-]. The van der Waals surface area contributed by atoms with Crippen LogP contribution in [0.15, 0.2) is 30.5 Å². The van der Waals surface area contributed by atoms with Gasteiger partial charge in [0.05, 0.1) is 6.61 Å². The van der Waals surface area contributed by atoms with Crippen molar-refractivity contribution in [1.29, 1.82) is 0 Å². The number of rotatable bonds is 3. The van der Waals surface area contributed by atoms with Gasteiger partial charge < -0.3 is 22.3 Å². The van der Waals surface area contributed by atoms with Crippen LogP contribution in [0.2, 0.25) is 0 Å². The fourth-order valence-electron chi connectivity index (χ4n) is 2.08. The summed E-state index contributed by atoms with van der Waals surface area (Å²) in [4.78, 5) is 4.22. The van der Waals surface area contributed by atoms with Gasteiger partial charge in [-0.05, 0) is 56.2 Å². The van der Waals surface area contributed by atoms with Crippen molar-refractivity contribution in [2.24, 2.45) is 0 Å². The monoisotopic (exact) mass is 278 g/mol. The summed E-state index contributed by atoms with van der Waals surface area (Å²) >= 11 is 0. The number of nitrogens with zero attached hydrogens (tertiary/aromatic N) is 1. The molecule has 0 unspecified atom stereocenters. The number of halogens is 1. The van der Waals surface area contributed by atoms with Gasteiger partial charge in [0.2, 0.25) is 0 Å². The molecule has 0 aliphatic carbocycles. The predicted octanol–water partition coefficient (Wildman–Crippen LogP) is 0.474. The predicted molar refractivity (Wildman–Crippen MR) is 72.0 cm³/mol. The van der Waals surface area contributed by atoms with E-state index in [-0.39, 0.29) is 18.2 Å². The summed E-state index contributed by atoms with van der Waals surface area (Å²) in [5, 5.41) is 9.82. The number of aryl methyl sites for hydroxylation is 2. The molecule has 4 heteroatoms. The largest absolute Gasteiger partial charge is 1.00 e. The molecule has 0 atom stereocenters. The normalized spacial score (nSPS) is 9.84. The van der Waals surface area contributed by atoms with Gasteiger partial charge in [-0.1, -0.05) is 0 Å². The molecule has 0 bridgehead atoms. The molecule has 2 aromatic rings. The van der Waals surface area contributed by atoms with E-state index >= 15 is 0 Å². The highest BCUT2D eigenvalue weighted by Gasteiger charge is 2.10. The number of benzene rings is 1. The molecule has 0 fully saturated rings. The van der Waals surface area contributed by atoms with Gasteiger partial charge in [-0.15, -0.1) is 0 Å². The van der Waals surface area contributed by atoms with Gasteiger partial charge in [0.15, 0.2) is 0 Å². The highest BCUT2D eigenvalue weighted by molar-refractivity contribution is 5.68. The second kappa shape index (κ2) is 6.43. The molecule has 1 heterocycles. The molecule has 0 spiro atoms. The lowest BCUT2D eigenvalue weighted by atomic mass is 10.0. The summed E-state index contributed by atoms with van der Waals surface area (Å²) in [6.45, 7) is 6.62. The minimum atomic E-state index is 0. The standard InChI is InChI=1S/C15H17NO2.ClH/c1-4-18-15-10(2)8-12(9-11(15)3)14-13(17)6-5-7-16-14;/h5-9,17H,4H2,1-3H3;1H/p-1. The van der Waals surface area contributed by atoms with E-state index in [1.807, 2.05) is 32.9 Å². The first kappa shape index (κ1) is 15.3. The second-order valence-electron chi connectivity index (χ2n) is 4.24. The fourth-order valence-corrected chi connectivity index (χ4v) is 2.08. The fraction of sp³-hybridized carbons (Fsp3) is 0.267. The number of hydrogen-bond acceptors (Lipinski definition) is 3. The van der Waals surface area contributed by atoms with Crippen LogP contribution in [0.3, 0.4) is 0 Å². The molecule has 102 valence electrons. The van der Waals surface area contributed by atoms with E-state index in [2.05, 4.69) is 4.98 Å². The summed E-state index contributed by atoms with van der Waals surface area (Å²) in [7, 11) is 0. The molecule has 3 nitrogen and oxygen atoms in total. The highest BCUT2D eigenvalue weighted by atomic mass is 35.5. The van der Waals surface area contributed by atoms with E-state index in [4.69, 9.17) is 4.74 Å². The number of aromatic hydroxyl groups is 1. The molecule has 1 aromatic carbocycles. The van der Waals surface area contributed by atoms with Gasteiger partial charge >= 0.3 is 0 Å². The maximum Gasteiger partial charge on any atom is 0.141 e. The number of hydrogen-bond donors (Lipinski definition) is 1. The summed E-state index contributed by atoms with van der Waals surface area (Å²) in [6, 6.07) is 7.33. The van der Waals surface area contributed by atoms with E-state index in [0.717, 1.165) is 22.4 Å². The molecule has 1 N–H and O–H groups in total. The molecule has 0 saturated carbocycles. The van der Waals surface area contributed by atoms with Crippen molar-refractivity contribution in [3.63, 3.8) is 0 Å². The molecule has 0 radical (unpaired) electrons. The van der Waals surface area contributed by atoms with Gasteiger partial charge in [0.25, 0.3) is 0 Å². The van der Waals surface area contributed by atoms with Gasteiger partial charge in [-0.25, -0.2) is 0 Å². The van der Waals surface area contributed by atoms with E-state index in [9.17, 15) is 5.11 Å². The van der Waals surface area contributed by atoms with Crippen molar-refractivity contribution in [3.8, 4) is 22.8 Å². The van der Waals surface area contributed by atoms with E-state index < -0.39 is 0 Å². The van der Waals surface area contributed by atoms with Crippen LogP contribution in [-0.4, -0.2) is 16.7 Å². The van der Waals surface area contributed by atoms with Gasteiger partial charge in [-0.2, -0.15) is 0 Å².